The molecule has 0 aromatic carbocycles. The Morgan fingerprint density at radius 3 is 2.71 bits per heavy atom. The number of carbonyl (C=O) groups excluding carboxylic acids is 1. The molecule has 1 fully saturated rings. The molecule has 1 amide bonds. The normalized spacial score (nSPS) is 19.8. The van der Waals surface area contributed by atoms with Gasteiger partial charge in [0, 0.05) is 43.4 Å². The first-order valence-electron chi connectivity index (χ1n) is 10.7. The van der Waals surface area contributed by atoms with Crippen LogP contribution in [0.1, 0.15) is 31.9 Å². The molecule has 162 valence electrons. The highest BCUT2D eigenvalue weighted by Gasteiger charge is 2.29. The number of amides is 1. The number of carbonyl (C=O) groups is 1. The van der Waals surface area contributed by atoms with Crippen molar-refractivity contribution in [3.05, 3.63) is 42.2 Å². The molecule has 0 bridgehead atoms. The van der Waals surface area contributed by atoms with Gasteiger partial charge < -0.3 is 10.2 Å². The van der Waals surface area contributed by atoms with Gasteiger partial charge in [-0.3, -0.25) is 20.2 Å². The van der Waals surface area contributed by atoms with Crippen LogP contribution < -0.4 is 10.2 Å². The Morgan fingerprint density at radius 2 is 2.06 bits per heavy atom. The molecule has 1 atom stereocenters. The molecule has 0 saturated carbocycles. The molecular formula is C22H27N7OS. The molecule has 1 saturated heterocycles. The summed E-state index contributed by atoms with van der Waals surface area (Å²) in [5.74, 6) is 1.82. The molecule has 0 aliphatic carbocycles. The minimum atomic E-state index is -0.164. The lowest BCUT2D eigenvalue weighted by Gasteiger charge is -2.34. The van der Waals surface area contributed by atoms with Crippen molar-refractivity contribution >= 4 is 39.4 Å². The van der Waals surface area contributed by atoms with Crippen LogP contribution >= 0.6 is 11.8 Å². The fourth-order valence-corrected chi connectivity index (χ4v) is 4.98. The fraction of sp³-hybridized carbons (Fsp3) is 0.455. The molecule has 31 heavy (non-hydrogen) atoms. The Kier molecular flexibility index (Phi) is 6.91. The Bertz CT molecular complexity index is 940. The van der Waals surface area contributed by atoms with Crippen LogP contribution in [0.2, 0.25) is 0 Å². The Morgan fingerprint density at radius 1 is 1.23 bits per heavy atom. The Labute approximate surface area is 186 Å². The monoisotopic (exact) mass is 437 g/mol. The average Bonchev–Trinajstić information content (AvgIpc) is 2.80. The van der Waals surface area contributed by atoms with E-state index in [4.69, 9.17) is 10.4 Å². The summed E-state index contributed by atoms with van der Waals surface area (Å²) in [5.41, 5.74) is 0.716. The molecule has 9 heteroatoms. The van der Waals surface area contributed by atoms with Crippen molar-refractivity contribution in [1.29, 1.82) is 5.41 Å². The first kappa shape index (κ1) is 21.4. The highest BCUT2D eigenvalue weighted by Crippen LogP contribution is 2.32. The largest absolute Gasteiger partial charge is 0.355 e. The second-order valence-corrected chi connectivity index (χ2v) is 8.90. The smallest absolute Gasteiger partial charge is 0.231 e. The highest BCUT2D eigenvalue weighted by molar-refractivity contribution is 8.26. The van der Waals surface area contributed by atoms with Crippen LogP contribution in [0, 0.1) is 17.2 Å². The summed E-state index contributed by atoms with van der Waals surface area (Å²) in [6.45, 7) is 4.65. The van der Waals surface area contributed by atoms with E-state index in [9.17, 15) is 4.79 Å². The van der Waals surface area contributed by atoms with Crippen molar-refractivity contribution in [2.24, 2.45) is 16.8 Å². The lowest BCUT2D eigenvalue weighted by molar-refractivity contribution is -0.115. The van der Waals surface area contributed by atoms with Gasteiger partial charge in [0.05, 0.1) is 16.5 Å². The van der Waals surface area contributed by atoms with Crippen LogP contribution in [0.3, 0.4) is 0 Å². The lowest BCUT2D eigenvalue weighted by Crippen LogP contribution is -2.37. The van der Waals surface area contributed by atoms with Gasteiger partial charge in [0.2, 0.25) is 5.91 Å². The number of nitrogens with one attached hydrogen (secondary N) is 2. The number of aromatic nitrogens is 3. The maximum Gasteiger partial charge on any atom is 0.231 e. The zero-order valence-electron chi connectivity index (χ0n) is 17.6. The van der Waals surface area contributed by atoms with E-state index < -0.39 is 0 Å². The molecule has 8 nitrogen and oxygen atoms in total. The van der Waals surface area contributed by atoms with Crippen LogP contribution in [0.5, 0.6) is 0 Å². The summed E-state index contributed by atoms with van der Waals surface area (Å²) in [6, 6.07) is 9.19. The molecule has 1 unspecified atom stereocenters. The van der Waals surface area contributed by atoms with Gasteiger partial charge in [-0.2, -0.15) is 0 Å². The molecule has 2 aliphatic rings. The number of anilines is 2. The molecule has 2 aliphatic heterocycles. The Hall–Kier alpha value is -2.81. The SMILES string of the molecule is CCC1CN=C(C2CCN(c3ccc(NC(=O)Cc4ccccn4)nn3)CC2)SC1=N. The van der Waals surface area contributed by atoms with Crippen LogP contribution in [-0.4, -0.2) is 50.8 Å². The van der Waals surface area contributed by atoms with Crippen LogP contribution in [-0.2, 0) is 11.2 Å². The van der Waals surface area contributed by atoms with Crippen molar-refractivity contribution in [3.8, 4) is 0 Å². The summed E-state index contributed by atoms with van der Waals surface area (Å²) in [6.07, 6.45) is 4.86. The van der Waals surface area contributed by atoms with Crippen LogP contribution in [0.4, 0.5) is 11.6 Å². The third-order valence-electron chi connectivity index (χ3n) is 5.70. The average molecular weight is 438 g/mol. The van der Waals surface area contributed by atoms with Crippen molar-refractivity contribution in [3.63, 3.8) is 0 Å². The first-order valence-corrected chi connectivity index (χ1v) is 11.5. The highest BCUT2D eigenvalue weighted by atomic mass is 32.2. The molecular weight excluding hydrogens is 410 g/mol. The summed E-state index contributed by atoms with van der Waals surface area (Å²) in [4.78, 5) is 23.3. The number of thioether (sulfide) groups is 1. The molecule has 0 spiro atoms. The maximum atomic E-state index is 12.2. The van der Waals surface area contributed by atoms with Gasteiger partial charge in [0.25, 0.3) is 0 Å². The third kappa shape index (κ3) is 5.46. The van der Waals surface area contributed by atoms with Crippen molar-refractivity contribution < 1.29 is 4.79 Å². The summed E-state index contributed by atoms with van der Waals surface area (Å²) < 4.78 is 0. The van der Waals surface area contributed by atoms with Gasteiger partial charge in [-0.05, 0) is 43.5 Å². The zero-order valence-corrected chi connectivity index (χ0v) is 18.4. The molecule has 4 heterocycles. The second-order valence-electron chi connectivity index (χ2n) is 7.83. The van der Waals surface area contributed by atoms with E-state index in [0.29, 0.717) is 23.3 Å². The number of aliphatic imine (C=N–C) groups is 1. The second kappa shape index (κ2) is 10.00. The number of pyridine rings is 1. The maximum absolute atomic E-state index is 12.2. The number of nitrogens with zero attached hydrogens (tertiary/aromatic N) is 5. The molecule has 0 radical (unpaired) electrons. The number of hydrogen-bond donors (Lipinski definition) is 2. The van der Waals surface area contributed by atoms with Crippen molar-refractivity contribution in [2.45, 2.75) is 32.6 Å². The molecule has 4 rings (SSSR count). The number of piperidine rings is 1. The minimum Gasteiger partial charge on any atom is -0.355 e. The van der Waals surface area contributed by atoms with E-state index in [0.717, 1.165) is 54.8 Å². The zero-order chi connectivity index (χ0) is 21.6. The standard InChI is InChI=1S/C22H27N7OS/c1-2-15-14-25-22(31-21(15)23)16-8-11-29(12-9-16)19-7-6-18(27-28-19)26-20(30)13-17-5-3-4-10-24-17/h3-7,10,15-16,23H,2,8-9,11-14H2,1H3,(H,26,27,30). The van der Waals surface area contributed by atoms with Gasteiger partial charge in [0.15, 0.2) is 11.6 Å². The summed E-state index contributed by atoms with van der Waals surface area (Å²) in [7, 11) is 0. The molecule has 2 aromatic heterocycles. The van der Waals surface area contributed by atoms with Gasteiger partial charge in [-0.15, -0.1) is 10.2 Å². The van der Waals surface area contributed by atoms with Crippen LogP contribution in [0.15, 0.2) is 41.5 Å². The van der Waals surface area contributed by atoms with Gasteiger partial charge in [-0.1, -0.05) is 24.8 Å². The van der Waals surface area contributed by atoms with Crippen molar-refractivity contribution in [1.82, 2.24) is 15.2 Å². The van der Waals surface area contributed by atoms with E-state index >= 15 is 0 Å². The van der Waals surface area contributed by atoms with Gasteiger partial charge in [0.1, 0.15) is 0 Å². The Balaban J connectivity index is 1.28. The molecule has 2 aromatic rings. The van der Waals surface area contributed by atoms with E-state index in [1.54, 1.807) is 24.0 Å². The topological polar surface area (TPSA) is 107 Å². The third-order valence-corrected chi connectivity index (χ3v) is 6.92. The molecule has 2 N–H and O–H groups in total. The van der Waals surface area contributed by atoms with Crippen molar-refractivity contribution in [2.75, 3.05) is 29.9 Å². The first-order chi connectivity index (χ1) is 15.1. The van der Waals surface area contributed by atoms with E-state index in [-0.39, 0.29) is 12.3 Å². The minimum absolute atomic E-state index is 0.164. The number of hydrogen-bond acceptors (Lipinski definition) is 8. The quantitative estimate of drug-likeness (QED) is 0.717. The predicted octanol–water partition coefficient (Wildman–Crippen LogP) is 3.42. The van der Waals surface area contributed by atoms with Gasteiger partial charge >= 0.3 is 0 Å². The van der Waals surface area contributed by atoms with E-state index in [2.05, 4.69) is 32.3 Å². The fourth-order valence-electron chi connectivity index (χ4n) is 3.81. The van der Waals surface area contributed by atoms with E-state index in [1.807, 2.05) is 24.3 Å². The van der Waals surface area contributed by atoms with E-state index in [1.165, 1.54) is 0 Å². The summed E-state index contributed by atoms with van der Waals surface area (Å²) >= 11 is 1.57. The number of rotatable bonds is 6. The predicted molar refractivity (Wildman–Crippen MR) is 125 cm³/mol. The summed E-state index contributed by atoms with van der Waals surface area (Å²) in [5, 5.41) is 21.4. The van der Waals surface area contributed by atoms with Crippen LogP contribution in [0.25, 0.3) is 0 Å². The van der Waals surface area contributed by atoms with Gasteiger partial charge in [-0.25, -0.2) is 0 Å². The lowest BCUT2D eigenvalue weighted by atomic mass is 9.97.